The molecule has 3 nitrogen and oxygen atoms in total. The van der Waals surface area contributed by atoms with Crippen LogP contribution in [-0.4, -0.2) is 31.0 Å². The molecule has 0 amide bonds. The van der Waals surface area contributed by atoms with Crippen LogP contribution in [0.25, 0.3) is 0 Å². The Bertz CT molecular complexity index is 386. The second-order valence-electron chi connectivity index (χ2n) is 5.26. The Kier molecular flexibility index (Phi) is 7.73. The second-order valence-corrected chi connectivity index (χ2v) is 5.26. The molecular weight excluding hydrogens is 257 g/mol. The molecule has 0 aromatic heterocycles. The van der Waals surface area contributed by atoms with E-state index in [-0.39, 0.29) is 5.82 Å². The molecule has 0 saturated carbocycles. The highest BCUT2D eigenvalue weighted by Gasteiger charge is 2.06. The van der Waals surface area contributed by atoms with Gasteiger partial charge < -0.3 is 15.2 Å². The van der Waals surface area contributed by atoms with Gasteiger partial charge in [0.25, 0.3) is 0 Å². The molecule has 0 spiro atoms. The maximum Gasteiger partial charge on any atom is 0.129 e. The van der Waals surface area contributed by atoms with Crippen LogP contribution in [0, 0.1) is 19.7 Å². The number of benzene rings is 1. The number of ether oxygens (including phenoxy) is 1. The summed E-state index contributed by atoms with van der Waals surface area (Å²) >= 11 is 0. The minimum Gasteiger partial charge on any atom is -0.389 e. The summed E-state index contributed by atoms with van der Waals surface area (Å²) in [5.41, 5.74) is 2.34. The SMILES string of the molecule is CCCCOCC(O)CNCc1cc(C)c(F)c(C)c1. The summed E-state index contributed by atoms with van der Waals surface area (Å²) in [7, 11) is 0. The number of rotatable bonds is 9. The van der Waals surface area contributed by atoms with Crippen molar-refractivity contribution in [3.63, 3.8) is 0 Å². The zero-order chi connectivity index (χ0) is 15.0. The molecule has 20 heavy (non-hydrogen) atoms. The Labute approximate surface area is 121 Å². The molecule has 1 aromatic carbocycles. The molecule has 1 aromatic rings. The zero-order valence-corrected chi connectivity index (χ0v) is 12.7. The first-order valence-corrected chi connectivity index (χ1v) is 7.26. The standard InChI is InChI=1S/C16H26FNO2/c1-4-5-6-20-11-15(19)10-18-9-14-7-12(2)16(17)13(3)8-14/h7-8,15,18-19H,4-6,9-11H2,1-3H3. The van der Waals surface area contributed by atoms with E-state index < -0.39 is 6.10 Å². The average molecular weight is 283 g/mol. The van der Waals surface area contributed by atoms with Gasteiger partial charge in [-0.15, -0.1) is 0 Å². The first-order chi connectivity index (χ1) is 9.54. The molecule has 0 fully saturated rings. The minimum atomic E-state index is -0.505. The van der Waals surface area contributed by atoms with Gasteiger partial charge in [-0.25, -0.2) is 4.39 Å². The summed E-state index contributed by atoms with van der Waals surface area (Å²) in [5, 5.41) is 12.9. The number of hydrogen-bond donors (Lipinski definition) is 2. The maximum absolute atomic E-state index is 13.5. The molecule has 0 aliphatic carbocycles. The van der Waals surface area contributed by atoms with E-state index in [0.717, 1.165) is 18.4 Å². The van der Waals surface area contributed by atoms with Crippen molar-refractivity contribution in [2.45, 2.75) is 46.3 Å². The number of nitrogens with one attached hydrogen (secondary N) is 1. The number of aliphatic hydroxyl groups is 1. The molecule has 0 aliphatic rings. The van der Waals surface area contributed by atoms with Crippen LogP contribution < -0.4 is 5.32 Å². The molecule has 1 rings (SSSR count). The smallest absolute Gasteiger partial charge is 0.129 e. The van der Waals surface area contributed by atoms with E-state index >= 15 is 0 Å². The largest absolute Gasteiger partial charge is 0.389 e. The lowest BCUT2D eigenvalue weighted by atomic mass is 10.1. The monoisotopic (exact) mass is 283 g/mol. The first-order valence-electron chi connectivity index (χ1n) is 7.26. The van der Waals surface area contributed by atoms with Gasteiger partial charge >= 0.3 is 0 Å². The summed E-state index contributed by atoms with van der Waals surface area (Å²) in [6, 6.07) is 3.67. The fourth-order valence-electron chi connectivity index (χ4n) is 2.05. The lowest BCUT2D eigenvalue weighted by Crippen LogP contribution is -2.30. The predicted octanol–water partition coefficient (Wildman–Crippen LogP) is 2.71. The number of aliphatic hydroxyl groups excluding tert-OH is 1. The molecule has 0 heterocycles. The minimum absolute atomic E-state index is 0.141. The maximum atomic E-state index is 13.5. The predicted molar refractivity (Wildman–Crippen MR) is 79.3 cm³/mol. The Morgan fingerprint density at radius 3 is 2.55 bits per heavy atom. The number of aryl methyl sites for hydroxylation is 2. The number of halogens is 1. The molecule has 2 N–H and O–H groups in total. The van der Waals surface area contributed by atoms with Gasteiger partial charge in [0.1, 0.15) is 5.82 Å². The van der Waals surface area contributed by atoms with Gasteiger partial charge in [-0.2, -0.15) is 0 Å². The van der Waals surface area contributed by atoms with E-state index in [2.05, 4.69) is 12.2 Å². The Hall–Kier alpha value is -0.970. The summed E-state index contributed by atoms with van der Waals surface area (Å²) in [6.07, 6.45) is 1.61. The van der Waals surface area contributed by atoms with E-state index in [0.29, 0.717) is 37.4 Å². The van der Waals surface area contributed by atoms with Crippen molar-refractivity contribution in [1.29, 1.82) is 0 Å². The molecule has 0 bridgehead atoms. The Balaban J connectivity index is 2.26. The van der Waals surface area contributed by atoms with Crippen molar-refractivity contribution in [1.82, 2.24) is 5.32 Å². The van der Waals surface area contributed by atoms with Crippen LogP contribution in [0.15, 0.2) is 12.1 Å². The van der Waals surface area contributed by atoms with Gasteiger partial charge in [0, 0.05) is 19.7 Å². The van der Waals surface area contributed by atoms with Gasteiger partial charge in [0.2, 0.25) is 0 Å². The zero-order valence-electron chi connectivity index (χ0n) is 12.7. The molecule has 0 saturated heterocycles. The normalized spacial score (nSPS) is 12.7. The van der Waals surface area contributed by atoms with Gasteiger partial charge in [-0.3, -0.25) is 0 Å². The number of unbranched alkanes of at least 4 members (excludes halogenated alkanes) is 1. The van der Waals surface area contributed by atoms with Gasteiger partial charge in [-0.05, 0) is 37.0 Å². The van der Waals surface area contributed by atoms with E-state index in [1.54, 1.807) is 13.8 Å². The van der Waals surface area contributed by atoms with Crippen molar-refractivity contribution in [3.8, 4) is 0 Å². The van der Waals surface area contributed by atoms with Crippen molar-refractivity contribution >= 4 is 0 Å². The lowest BCUT2D eigenvalue weighted by Gasteiger charge is -2.13. The molecule has 1 atom stereocenters. The summed E-state index contributed by atoms with van der Waals surface area (Å²) in [6.45, 7) is 7.78. The molecule has 0 radical (unpaired) electrons. The third kappa shape index (κ3) is 5.99. The van der Waals surface area contributed by atoms with Crippen LogP contribution in [0.5, 0.6) is 0 Å². The van der Waals surface area contributed by atoms with Crippen LogP contribution in [0.3, 0.4) is 0 Å². The van der Waals surface area contributed by atoms with E-state index in [4.69, 9.17) is 4.74 Å². The lowest BCUT2D eigenvalue weighted by molar-refractivity contribution is 0.0358. The first kappa shape index (κ1) is 17.1. The van der Waals surface area contributed by atoms with Crippen molar-refractivity contribution in [2.75, 3.05) is 19.8 Å². The highest BCUT2D eigenvalue weighted by atomic mass is 19.1. The fraction of sp³-hybridized carbons (Fsp3) is 0.625. The molecular formula is C16H26FNO2. The van der Waals surface area contributed by atoms with Crippen LogP contribution >= 0.6 is 0 Å². The van der Waals surface area contributed by atoms with Crippen LogP contribution in [0.1, 0.15) is 36.5 Å². The van der Waals surface area contributed by atoms with Crippen molar-refractivity contribution in [2.24, 2.45) is 0 Å². The second kappa shape index (κ2) is 9.06. The molecule has 114 valence electrons. The summed E-state index contributed by atoms with van der Waals surface area (Å²) < 4.78 is 18.8. The van der Waals surface area contributed by atoms with Crippen LogP contribution in [0.2, 0.25) is 0 Å². The van der Waals surface area contributed by atoms with Crippen LogP contribution in [-0.2, 0) is 11.3 Å². The fourth-order valence-corrected chi connectivity index (χ4v) is 2.05. The number of hydrogen-bond acceptors (Lipinski definition) is 3. The Morgan fingerprint density at radius 2 is 1.95 bits per heavy atom. The third-order valence-electron chi connectivity index (χ3n) is 3.16. The summed E-state index contributed by atoms with van der Waals surface area (Å²) in [4.78, 5) is 0. The van der Waals surface area contributed by atoms with E-state index in [1.165, 1.54) is 0 Å². The van der Waals surface area contributed by atoms with Crippen molar-refractivity contribution in [3.05, 3.63) is 34.6 Å². The van der Waals surface area contributed by atoms with Crippen LogP contribution in [0.4, 0.5) is 4.39 Å². The van der Waals surface area contributed by atoms with Crippen molar-refractivity contribution < 1.29 is 14.2 Å². The molecule has 4 heteroatoms. The van der Waals surface area contributed by atoms with E-state index in [1.807, 2.05) is 12.1 Å². The van der Waals surface area contributed by atoms with E-state index in [9.17, 15) is 9.50 Å². The average Bonchev–Trinajstić information content (AvgIpc) is 2.41. The van der Waals surface area contributed by atoms with Gasteiger partial charge in [0.15, 0.2) is 0 Å². The highest BCUT2D eigenvalue weighted by molar-refractivity contribution is 5.30. The Morgan fingerprint density at radius 1 is 1.30 bits per heavy atom. The molecule has 1 unspecified atom stereocenters. The molecule has 0 aliphatic heterocycles. The topological polar surface area (TPSA) is 41.5 Å². The van der Waals surface area contributed by atoms with Gasteiger partial charge in [0.05, 0.1) is 12.7 Å². The van der Waals surface area contributed by atoms with Gasteiger partial charge in [-0.1, -0.05) is 25.5 Å². The third-order valence-corrected chi connectivity index (χ3v) is 3.16. The quantitative estimate of drug-likeness (QED) is 0.685. The highest BCUT2D eigenvalue weighted by Crippen LogP contribution is 2.14. The summed E-state index contributed by atoms with van der Waals surface area (Å²) in [5.74, 6) is -0.141.